The summed E-state index contributed by atoms with van der Waals surface area (Å²) in [6.07, 6.45) is 0. The van der Waals surface area contributed by atoms with Crippen LogP contribution >= 0.6 is 23.3 Å². The van der Waals surface area contributed by atoms with Crippen molar-refractivity contribution in [1.29, 1.82) is 0 Å². The first-order chi connectivity index (χ1) is 14.1. The van der Waals surface area contributed by atoms with Crippen LogP contribution in [-0.2, 0) is 0 Å². The van der Waals surface area contributed by atoms with E-state index < -0.39 is 0 Å². The van der Waals surface area contributed by atoms with Gasteiger partial charge in [0.05, 0.1) is 22.4 Å². The molecular weight excluding hydrogens is 408 g/mol. The maximum Gasteiger partial charge on any atom is 0.255 e. The molecule has 0 bridgehead atoms. The molecule has 0 aliphatic carbocycles. The van der Waals surface area contributed by atoms with Gasteiger partial charge in [-0.05, 0) is 61.0 Å². The molecule has 0 aliphatic rings. The monoisotopic (exact) mass is 420 g/mol. The number of nitrogens with one attached hydrogen (secondary N) is 1. The van der Waals surface area contributed by atoms with Crippen LogP contribution in [0, 0.1) is 6.92 Å². The predicted octanol–water partition coefficient (Wildman–Crippen LogP) is 5.71. The lowest BCUT2D eigenvalue weighted by atomic mass is 10.1. The molecule has 0 atom stereocenters. The third-order valence-corrected chi connectivity index (χ3v) is 5.41. The highest BCUT2D eigenvalue weighted by atomic mass is 35.5. The molecule has 0 aliphatic heterocycles. The van der Waals surface area contributed by atoms with E-state index in [-0.39, 0.29) is 5.91 Å². The number of aromatic nitrogens is 3. The molecule has 0 unspecified atom stereocenters. The van der Waals surface area contributed by atoms with E-state index in [4.69, 9.17) is 16.0 Å². The van der Waals surface area contributed by atoms with Crippen LogP contribution < -0.4 is 5.32 Å². The molecule has 29 heavy (non-hydrogen) atoms. The van der Waals surface area contributed by atoms with Gasteiger partial charge in [-0.2, -0.15) is 8.75 Å². The Bertz CT molecular complexity index is 1390. The topological polar surface area (TPSA) is 80.9 Å². The number of aryl methyl sites for hydroxylation is 1. The zero-order valence-electron chi connectivity index (χ0n) is 15.1. The zero-order chi connectivity index (χ0) is 20.0. The lowest BCUT2D eigenvalue weighted by Crippen LogP contribution is -2.12. The first-order valence-electron chi connectivity index (χ1n) is 8.78. The number of amides is 1. The van der Waals surface area contributed by atoms with Crippen molar-refractivity contribution in [3.63, 3.8) is 0 Å². The summed E-state index contributed by atoms with van der Waals surface area (Å²) in [6.45, 7) is 2.00. The SMILES string of the molecule is Cc1ccc2nc(-c3ccc(Cl)c(NC(=O)c4ccc5nsnc5c4)c3)oc2c1. The summed E-state index contributed by atoms with van der Waals surface area (Å²) in [7, 11) is 0. The molecule has 6 nitrogen and oxygen atoms in total. The van der Waals surface area contributed by atoms with Crippen molar-refractivity contribution >= 4 is 57.1 Å². The van der Waals surface area contributed by atoms with Crippen molar-refractivity contribution in [3.05, 3.63) is 70.7 Å². The van der Waals surface area contributed by atoms with E-state index in [0.29, 0.717) is 33.3 Å². The average Bonchev–Trinajstić information content (AvgIpc) is 3.35. The summed E-state index contributed by atoms with van der Waals surface area (Å²) in [5.41, 5.74) is 5.70. The maximum atomic E-state index is 12.7. The highest BCUT2D eigenvalue weighted by Gasteiger charge is 2.14. The van der Waals surface area contributed by atoms with Gasteiger partial charge in [-0.3, -0.25) is 4.79 Å². The number of carbonyl (C=O) groups excluding carboxylic acids is 1. The van der Waals surface area contributed by atoms with E-state index in [1.54, 1.807) is 30.3 Å². The molecule has 0 spiro atoms. The molecule has 5 aromatic rings. The molecule has 1 N–H and O–H groups in total. The third-order valence-electron chi connectivity index (χ3n) is 4.52. The normalized spacial score (nSPS) is 11.2. The van der Waals surface area contributed by atoms with E-state index in [1.807, 2.05) is 31.2 Å². The number of oxazole rings is 1. The van der Waals surface area contributed by atoms with Crippen molar-refractivity contribution in [2.45, 2.75) is 6.92 Å². The number of benzene rings is 3. The van der Waals surface area contributed by atoms with Crippen LogP contribution in [0.25, 0.3) is 33.6 Å². The molecule has 0 radical (unpaired) electrons. The Morgan fingerprint density at radius 2 is 1.83 bits per heavy atom. The van der Waals surface area contributed by atoms with Crippen LogP contribution in [0.2, 0.25) is 5.02 Å². The van der Waals surface area contributed by atoms with Gasteiger partial charge in [0.1, 0.15) is 16.6 Å². The molecule has 0 saturated heterocycles. The second-order valence-corrected chi connectivity index (χ2v) is 7.54. The number of fused-ring (bicyclic) bond motifs is 2. The van der Waals surface area contributed by atoms with Gasteiger partial charge in [0.2, 0.25) is 5.89 Å². The molecule has 2 aromatic heterocycles. The van der Waals surface area contributed by atoms with E-state index in [9.17, 15) is 4.79 Å². The zero-order valence-corrected chi connectivity index (χ0v) is 16.7. The van der Waals surface area contributed by atoms with Crippen molar-refractivity contribution < 1.29 is 9.21 Å². The van der Waals surface area contributed by atoms with Gasteiger partial charge < -0.3 is 9.73 Å². The molecule has 142 valence electrons. The molecule has 3 aromatic carbocycles. The fourth-order valence-electron chi connectivity index (χ4n) is 3.03. The Kier molecular flexibility index (Phi) is 4.26. The molecule has 0 saturated carbocycles. The summed E-state index contributed by atoms with van der Waals surface area (Å²) < 4.78 is 14.2. The minimum Gasteiger partial charge on any atom is -0.436 e. The standard InChI is InChI=1S/C21H13ClN4O2S/c1-11-2-6-16-19(8-11)28-21(24-16)13-3-5-14(22)17(10-13)23-20(27)12-4-7-15-18(9-12)26-29-25-15/h2-10H,1H3,(H,23,27). The van der Waals surface area contributed by atoms with Crippen LogP contribution in [0.15, 0.2) is 59.0 Å². The van der Waals surface area contributed by atoms with E-state index in [0.717, 1.165) is 33.9 Å². The fraction of sp³-hybridized carbons (Fsp3) is 0.0476. The molecule has 2 heterocycles. The average molecular weight is 421 g/mol. The van der Waals surface area contributed by atoms with E-state index in [2.05, 4.69) is 19.0 Å². The minimum atomic E-state index is -0.285. The van der Waals surface area contributed by atoms with Crippen molar-refractivity contribution in [3.8, 4) is 11.5 Å². The van der Waals surface area contributed by atoms with Gasteiger partial charge in [-0.15, -0.1) is 0 Å². The molecule has 5 rings (SSSR count). The summed E-state index contributed by atoms with van der Waals surface area (Å²) in [5.74, 6) is 0.180. The highest BCUT2D eigenvalue weighted by Crippen LogP contribution is 2.31. The number of anilines is 1. The smallest absolute Gasteiger partial charge is 0.255 e. The van der Waals surface area contributed by atoms with Gasteiger partial charge in [0.15, 0.2) is 5.58 Å². The Morgan fingerprint density at radius 3 is 2.72 bits per heavy atom. The first-order valence-corrected chi connectivity index (χ1v) is 9.88. The van der Waals surface area contributed by atoms with Crippen LogP contribution in [0.3, 0.4) is 0 Å². The lowest BCUT2D eigenvalue weighted by molar-refractivity contribution is 0.102. The number of hydrogen-bond donors (Lipinski definition) is 1. The van der Waals surface area contributed by atoms with Gasteiger partial charge in [-0.1, -0.05) is 17.7 Å². The summed E-state index contributed by atoms with van der Waals surface area (Å²) in [6, 6.07) is 16.3. The number of carbonyl (C=O) groups is 1. The van der Waals surface area contributed by atoms with Gasteiger partial charge in [0, 0.05) is 11.1 Å². The Balaban J connectivity index is 1.47. The van der Waals surface area contributed by atoms with E-state index in [1.165, 1.54) is 0 Å². The molecular formula is C21H13ClN4O2S. The quantitative estimate of drug-likeness (QED) is 0.404. The number of rotatable bonds is 3. The van der Waals surface area contributed by atoms with Crippen molar-refractivity contribution in [2.75, 3.05) is 5.32 Å². The minimum absolute atomic E-state index is 0.285. The highest BCUT2D eigenvalue weighted by molar-refractivity contribution is 7.00. The fourth-order valence-corrected chi connectivity index (χ4v) is 3.71. The van der Waals surface area contributed by atoms with Crippen LogP contribution in [0.4, 0.5) is 5.69 Å². The number of nitrogens with zero attached hydrogens (tertiary/aromatic N) is 3. The summed E-state index contributed by atoms with van der Waals surface area (Å²) in [4.78, 5) is 17.2. The predicted molar refractivity (Wildman–Crippen MR) is 115 cm³/mol. The van der Waals surface area contributed by atoms with Gasteiger partial charge in [0.25, 0.3) is 5.91 Å². The summed E-state index contributed by atoms with van der Waals surface area (Å²) in [5, 5.41) is 3.27. The van der Waals surface area contributed by atoms with Crippen LogP contribution in [0.1, 0.15) is 15.9 Å². The number of hydrogen-bond acceptors (Lipinski definition) is 6. The second kappa shape index (κ2) is 6.95. The lowest BCUT2D eigenvalue weighted by Gasteiger charge is -2.08. The first kappa shape index (κ1) is 17.8. The second-order valence-electron chi connectivity index (χ2n) is 6.61. The van der Waals surface area contributed by atoms with Crippen molar-refractivity contribution in [1.82, 2.24) is 13.7 Å². The van der Waals surface area contributed by atoms with Crippen LogP contribution in [-0.4, -0.2) is 19.6 Å². The largest absolute Gasteiger partial charge is 0.436 e. The van der Waals surface area contributed by atoms with Crippen LogP contribution in [0.5, 0.6) is 0 Å². The summed E-state index contributed by atoms with van der Waals surface area (Å²) >= 11 is 7.42. The maximum absolute atomic E-state index is 12.7. The molecule has 8 heteroatoms. The molecule has 1 amide bonds. The van der Waals surface area contributed by atoms with Gasteiger partial charge >= 0.3 is 0 Å². The Labute approximate surface area is 174 Å². The molecule has 0 fully saturated rings. The Hall–Kier alpha value is -3.29. The third kappa shape index (κ3) is 3.35. The van der Waals surface area contributed by atoms with Crippen molar-refractivity contribution in [2.24, 2.45) is 0 Å². The Morgan fingerprint density at radius 1 is 1.00 bits per heavy atom. The number of halogens is 1. The van der Waals surface area contributed by atoms with E-state index >= 15 is 0 Å². The van der Waals surface area contributed by atoms with Gasteiger partial charge in [-0.25, -0.2) is 4.98 Å².